The van der Waals surface area contributed by atoms with E-state index in [0.29, 0.717) is 11.8 Å². The molecule has 27 heavy (non-hydrogen) atoms. The number of benzene rings is 1. The minimum atomic E-state index is -0.163. The van der Waals surface area contributed by atoms with E-state index >= 15 is 0 Å². The fourth-order valence-electron chi connectivity index (χ4n) is 5.27. The van der Waals surface area contributed by atoms with Crippen LogP contribution in [-0.4, -0.2) is 73.5 Å². The number of hydrogen-bond donors (Lipinski definition) is 0. The third-order valence-corrected chi connectivity index (χ3v) is 6.95. The van der Waals surface area contributed by atoms with E-state index < -0.39 is 0 Å². The standard InChI is InChI=1S/C22H33N3O2/c1-18-15-24(16-19-6-5-7-20(14-19)27-2)17-22(18)8-11-25(21(22)26)13-12-23-9-3-4-10-23/h5-7,14,18H,3-4,8-13,15-17H2,1-2H3/t18-,22-/m1/s1. The van der Waals surface area contributed by atoms with Crippen molar-refractivity contribution >= 4 is 5.91 Å². The fourth-order valence-corrected chi connectivity index (χ4v) is 5.27. The van der Waals surface area contributed by atoms with Gasteiger partial charge >= 0.3 is 0 Å². The van der Waals surface area contributed by atoms with Crippen LogP contribution in [0, 0.1) is 11.3 Å². The lowest BCUT2D eigenvalue weighted by Gasteiger charge is -2.27. The lowest BCUT2D eigenvalue weighted by atomic mass is 9.78. The monoisotopic (exact) mass is 371 g/mol. The summed E-state index contributed by atoms with van der Waals surface area (Å²) in [5.41, 5.74) is 1.10. The summed E-state index contributed by atoms with van der Waals surface area (Å²) < 4.78 is 5.35. The second-order valence-electron chi connectivity index (χ2n) is 8.67. The van der Waals surface area contributed by atoms with E-state index in [4.69, 9.17) is 4.74 Å². The zero-order valence-electron chi connectivity index (χ0n) is 16.8. The van der Waals surface area contributed by atoms with Crippen molar-refractivity contribution in [3.05, 3.63) is 29.8 Å². The molecule has 2 atom stereocenters. The molecule has 0 N–H and O–H groups in total. The van der Waals surface area contributed by atoms with Crippen molar-refractivity contribution in [2.24, 2.45) is 11.3 Å². The molecule has 3 saturated heterocycles. The van der Waals surface area contributed by atoms with Crippen LogP contribution >= 0.6 is 0 Å². The first-order valence-electron chi connectivity index (χ1n) is 10.5. The molecule has 3 aliphatic rings. The van der Waals surface area contributed by atoms with E-state index in [9.17, 15) is 4.79 Å². The molecule has 5 nitrogen and oxygen atoms in total. The van der Waals surface area contributed by atoms with Crippen LogP contribution in [0.1, 0.15) is 31.7 Å². The van der Waals surface area contributed by atoms with Crippen molar-refractivity contribution in [3.8, 4) is 5.75 Å². The molecule has 4 rings (SSSR count). The maximum atomic E-state index is 13.3. The average Bonchev–Trinajstić information content (AvgIpc) is 3.37. The molecule has 3 fully saturated rings. The van der Waals surface area contributed by atoms with Gasteiger partial charge in [0, 0.05) is 39.3 Å². The van der Waals surface area contributed by atoms with Crippen molar-refractivity contribution in [1.82, 2.24) is 14.7 Å². The van der Waals surface area contributed by atoms with E-state index in [2.05, 4.69) is 33.8 Å². The summed E-state index contributed by atoms with van der Waals surface area (Å²) in [6.45, 7) is 10.4. The molecule has 0 saturated carbocycles. The van der Waals surface area contributed by atoms with Crippen LogP contribution in [0.2, 0.25) is 0 Å². The van der Waals surface area contributed by atoms with Gasteiger partial charge < -0.3 is 14.5 Å². The molecule has 0 unspecified atom stereocenters. The van der Waals surface area contributed by atoms with Crippen LogP contribution in [-0.2, 0) is 11.3 Å². The first-order chi connectivity index (χ1) is 13.1. The van der Waals surface area contributed by atoms with Gasteiger partial charge in [-0.3, -0.25) is 9.69 Å². The van der Waals surface area contributed by atoms with Crippen molar-refractivity contribution < 1.29 is 9.53 Å². The molecule has 1 aromatic rings. The van der Waals surface area contributed by atoms with Crippen molar-refractivity contribution in [2.45, 2.75) is 32.7 Å². The molecule has 1 amide bonds. The van der Waals surface area contributed by atoms with Gasteiger partial charge in [0.2, 0.25) is 5.91 Å². The van der Waals surface area contributed by atoms with Crippen molar-refractivity contribution in [1.29, 1.82) is 0 Å². The Balaban J connectivity index is 1.37. The minimum Gasteiger partial charge on any atom is -0.497 e. The highest BCUT2D eigenvalue weighted by Crippen LogP contribution is 2.45. The molecular weight excluding hydrogens is 338 g/mol. The number of rotatable bonds is 6. The van der Waals surface area contributed by atoms with Crippen molar-refractivity contribution in [3.63, 3.8) is 0 Å². The number of hydrogen-bond acceptors (Lipinski definition) is 4. The van der Waals surface area contributed by atoms with Gasteiger partial charge in [0.15, 0.2) is 0 Å². The number of likely N-dealkylation sites (tertiary alicyclic amines) is 3. The van der Waals surface area contributed by atoms with Gasteiger partial charge in [-0.05, 0) is 56.0 Å². The van der Waals surface area contributed by atoms with Crippen LogP contribution in [0.4, 0.5) is 0 Å². The predicted octanol–water partition coefficient (Wildman–Crippen LogP) is 2.46. The Kier molecular flexibility index (Phi) is 5.42. The summed E-state index contributed by atoms with van der Waals surface area (Å²) in [6, 6.07) is 8.28. The Hall–Kier alpha value is -1.59. The number of carbonyl (C=O) groups excluding carboxylic acids is 1. The Labute approximate surface area is 163 Å². The van der Waals surface area contributed by atoms with Crippen LogP contribution < -0.4 is 4.74 Å². The minimum absolute atomic E-state index is 0.163. The van der Waals surface area contributed by atoms with Crippen LogP contribution in [0.3, 0.4) is 0 Å². The summed E-state index contributed by atoms with van der Waals surface area (Å²) >= 11 is 0. The van der Waals surface area contributed by atoms with E-state index in [1.54, 1.807) is 7.11 Å². The Morgan fingerprint density at radius 3 is 2.74 bits per heavy atom. The number of methoxy groups -OCH3 is 1. The second kappa shape index (κ2) is 7.80. The highest BCUT2D eigenvalue weighted by molar-refractivity contribution is 5.86. The molecule has 3 heterocycles. The maximum Gasteiger partial charge on any atom is 0.230 e. The molecule has 0 aliphatic carbocycles. The Morgan fingerprint density at radius 2 is 1.96 bits per heavy atom. The van der Waals surface area contributed by atoms with Gasteiger partial charge in [0.1, 0.15) is 5.75 Å². The van der Waals surface area contributed by atoms with E-state index in [0.717, 1.165) is 51.4 Å². The molecule has 1 aromatic carbocycles. The predicted molar refractivity (Wildman–Crippen MR) is 107 cm³/mol. The molecule has 3 aliphatic heterocycles. The topological polar surface area (TPSA) is 36.0 Å². The molecule has 0 bridgehead atoms. The van der Waals surface area contributed by atoms with Gasteiger partial charge in [-0.2, -0.15) is 0 Å². The summed E-state index contributed by atoms with van der Waals surface area (Å²) in [5.74, 6) is 1.73. The quantitative estimate of drug-likeness (QED) is 0.770. The molecule has 0 aromatic heterocycles. The fraction of sp³-hybridized carbons (Fsp3) is 0.682. The summed E-state index contributed by atoms with van der Waals surface area (Å²) in [4.78, 5) is 20.4. The maximum absolute atomic E-state index is 13.3. The van der Waals surface area contributed by atoms with Gasteiger partial charge in [-0.1, -0.05) is 19.1 Å². The molecule has 0 radical (unpaired) electrons. The molecule has 1 spiro atoms. The van der Waals surface area contributed by atoms with Gasteiger partial charge in [-0.15, -0.1) is 0 Å². The largest absolute Gasteiger partial charge is 0.497 e. The normalized spacial score (nSPS) is 29.3. The first kappa shape index (κ1) is 18.8. The van der Waals surface area contributed by atoms with Gasteiger partial charge in [-0.25, -0.2) is 0 Å². The number of ether oxygens (including phenoxy) is 1. The number of amides is 1. The van der Waals surface area contributed by atoms with E-state index in [1.807, 2.05) is 12.1 Å². The Bertz CT molecular complexity index is 673. The lowest BCUT2D eigenvalue weighted by Crippen LogP contribution is -2.42. The number of carbonyl (C=O) groups is 1. The van der Waals surface area contributed by atoms with E-state index in [-0.39, 0.29) is 5.41 Å². The van der Waals surface area contributed by atoms with Crippen molar-refractivity contribution in [2.75, 3.05) is 52.9 Å². The number of nitrogens with zero attached hydrogens (tertiary/aromatic N) is 3. The summed E-state index contributed by atoms with van der Waals surface area (Å²) in [5, 5.41) is 0. The third-order valence-electron chi connectivity index (χ3n) is 6.95. The third kappa shape index (κ3) is 3.72. The average molecular weight is 372 g/mol. The highest BCUT2D eigenvalue weighted by atomic mass is 16.5. The second-order valence-corrected chi connectivity index (χ2v) is 8.67. The SMILES string of the molecule is COc1cccc(CN2C[C@@H](C)[C@@]3(CCN(CCN4CCCC4)C3=O)C2)c1. The van der Waals surface area contributed by atoms with E-state index in [1.165, 1.54) is 31.5 Å². The van der Waals surface area contributed by atoms with Crippen LogP contribution in [0.5, 0.6) is 5.75 Å². The molecule has 148 valence electrons. The van der Waals surface area contributed by atoms with Crippen LogP contribution in [0.25, 0.3) is 0 Å². The zero-order valence-corrected chi connectivity index (χ0v) is 16.8. The van der Waals surface area contributed by atoms with Crippen LogP contribution in [0.15, 0.2) is 24.3 Å². The molecular formula is C22H33N3O2. The van der Waals surface area contributed by atoms with Gasteiger partial charge in [0.05, 0.1) is 12.5 Å². The molecule has 5 heteroatoms. The summed E-state index contributed by atoms with van der Waals surface area (Å²) in [7, 11) is 1.71. The lowest BCUT2D eigenvalue weighted by molar-refractivity contribution is -0.137. The Morgan fingerprint density at radius 1 is 1.15 bits per heavy atom. The zero-order chi connectivity index (χ0) is 18.9. The smallest absolute Gasteiger partial charge is 0.230 e. The summed E-state index contributed by atoms with van der Waals surface area (Å²) in [6.07, 6.45) is 3.64. The van der Waals surface area contributed by atoms with Gasteiger partial charge in [0.25, 0.3) is 0 Å². The highest BCUT2D eigenvalue weighted by Gasteiger charge is 2.54. The first-order valence-corrected chi connectivity index (χ1v) is 10.5.